The number of carbonyl (C=O) groups excluding carboxylic acids is 1. The summed E-state index contributed by atoms with van der Waals surface area (Å²) in [6, 6.07) is 1.79. The van der Waals surface area contributed by atoms with Gasteiger partial charge in [0.15, 0.2) is 5.13 Å². The number of methoxy groups -OCH3 is 1. The average Bonchev–Trinajstić information content (AvgIpc) is 3.04. The quantitative estimate of drug-likeness (QED) is 0.805. The monoisotopic (exact) mass is 267 g/mol. The molecular formula is C11H13N3O3S. The summed E-state index contributed by atoms with van der Waals surface area (Å²) >= 11 is 1.50. The highest BCUT2D eigenvalue weighted by Gasteiger charge is 2.06. The molecule has 0 saturated heterocycles. The Morgan fingerprint density at radius 3 is 3.17 bits per heavy atom. The number of esters is 1. The van der Waals surface area contributed by atoms with Gasteiger partial charge in [0.1, 0.15) is 12.0 Å². The summed E-state index contributed by atoms with van der Waals surface area (Å²) in [7, 11) is 1.38. The van der Waals surface area contributed by atoms with Gasteiger partial charge in [-0.15, -0.1) is 11.3 Å². The minimum Gasteiger partial charge on any atom is -0.469 e. The Morgan fingerprint density at radius 1 is 1.56 bits per heavy atom. The number of aryl methyl sites for hydroxylation is 1. The number of hydrogen-bond donors (Lipinski definition) is 1. The standard InChI is InChI=1S/C11H13N3O3S/c1-16-10(15)3-2-9-7-18-11(13-9)12-6-8-4-5-17-14-8/h4-5,7H,2-3,6H2,1H3,(H,12,13). The molecule has 0 spiro atoms. The summed E-state index contributed by atoms with van der Waals surface area (Å²) in [4.78, 5) is 15.3. The largest absolute Gasteiger partial charge is 0.469 e. The molecule has 2 aromatic heterocycles. The summed E-state index contributed by atoms with van der Waals surface area (Å²) in [6.07, 6.45) is 2.47. The zero-order valence-corrected chi connectivity index (χ0v) is 10.7. The van der Waals surface area contributed by atoms with Crippen molar-refractivity contribution in [3.8, 4) is 0 Å². The van der Waals surface area contributed by atoms with Crippen molar-refractivity contribution in [1.82, 2.24) is 10.1 Å². The SMILES string of the molecule is COC(=O)CCc1csc(NCc2ccon2)n1. The van der Waals surface area contributed by atoms with E-state index in [4.69, 9.17) is 4.52 Å². The van der Waals surface area contributed by atoms with E-state index in [0.29, 0.717) is 19.4 Å². The van der Waals surface area contributed by atoms with Gasteiger partial charge >= 0.3 is 5.97 Å². The van der Waals surface area contributed by atoms with E-state index in [1.54, 1.807) is 6.07 Å². The van der Waals surface area contributed by atoms with E-state index in [0.717, 1.165) is 16.5 Å². The number of ether oxygens (including phenoxy) is 1. The lowest BCUT2D eigenvalue weighted by molar-refractivity contribution is -0.140. The van der Waals surface area contributed by atoms with Crippen molar-refractivity contribution >= 4 is 22.4 Å². The molecule has 0 atom stereocenters. The first kappa shape index (κ1) is 12.6. The number of anilines is 1. The van der Waals surface area contributed by atoms with Crippen LogP contribution in [0.5, 0.6) is 0 Å². The highest BCUT2D eigenvalue weighted by molar-refractivity contribution is 7.13. The number of rotatable bonds is 6. The van der Waals surface area contributed by atoms with Crippen LogP contribution in [0.3, 0.4) is 0 Å². The lowest BCUT2D eigenvalue weighted by Gasteiger charge is -1.98. The zero-order valence-electron chi connectivity index (χ0n) is 9.88. The molecule has 7 heteroatoms. The van der Waals surface area contributed by atoms with Gasteiger partial charge in [-0.1, -0.05) is 5.16 Å². The second-order valence-corrected chi connectivity index (χ2v) is 4.42. The smallest absolute Gasteiger partial charge is 0.305 e. The zero-order chi connectivity index (χ0) is 12.8. The average molecular weight is 267 g/mol. The van der Waals surface area contributed by atoms with Crippen LogP contribution in [0.25, 0.3) is 0 Å². The molecule has 0 unspecified atom stereocenters. The molecule has 0 aliphatic carbocycles. The fourth-order valence-corrected chi connectivity index (χ4v) is 2.07. The van der Waals surface area contributed by atoms with Gasteiger partial charge < -0.3 is 14.6 Å². The van der Waals surface area contributed by atoms with Gasteiger partial charge in [0.25, 0.3) is 0 Å². The van der Waals surface area contributed by atoms with Crippen LogP contribution in [0.1, 0.15) is 17.8 Å². The molecule has 0 aliphatic heterocycles. The third-order valence-corrected chi connectivity index (χ3v) is 3.13. The summed E-state index contributed by atoms with van der Waals surface area (Å²) in [6.45, 7) is 0.570. The van der Waals surface area contributed by atoms with Gasteiger partial charge in [-0.3, -0.25) is 4.79 Å². The first-order chi connectivity index (χ1) is 8.78. The number of aromatic nitrogens is 2. The Labute approximate surface area is 108 Å². The number of carbonyl (C=O) groups is 1. The third kappa shape index (κ3) is 3.56. The van der Waals surface area contributed by atoms with Gasteiger partial charge in [-0.05, 0) is 0 Å². The van der Waals surface area contributed by atoms with E-state index in [1.807, 2.05) is 5.38 Å². The Morgan fingerprint density at radius 2 is 2.44 bits per heavy atom. The fraction of sp³-hybridized carbons (Fsp3) is 0.364. The normalized spacial score (nSPS) is 10.3. The lowest BCUT2D eigenvalue weighted by atomic mass is 10.2. The minimum absolute atomic E-state index is 0.222. The lowest BCUT2D eigenvalue weighted by Crippen LogP contribution is -2.02. The van der Waals surface area contributed by atoms with Crippen LogP contribution < -0.4 is 5.32 Å². The summed E-state index contributed by atoms with van der Waals surface area (Å²) in [5, 5.41) is 9.65. The Balaban J connectivity index is 1.80. The van der Waals surface area contributed by atoms with Crippen LogP contribution in [0.2, 0.25) is 0 Å². The van der Waals surface area contributed by atoms with Crippen molar-refractivity contribution in [2.45, 2.75) is 19.4 Å². The Bertz CT molecular complexity index is 495. The number of hydrogen-bond acceptors (Lipinski definition) is 7. The molecule has 0 saturated carbocycles. The highest BCUT2D eigenvalue weighted by atomic mass is 32.1. The maximum atomic E-state index is 11.0. The van der Waals surface area contributed by atoms with Crippen molar-refractivity contribution in [3.05, 3.63) is 29.1 Å². The molecule has 2 heterocycles. The van der Waals surface area contributed by atoms with E-state index in [9.17, 15) is 4.79 Å². The van der Waals surface area contributed by atoms with Crippen LogP contribution in [-0.4, -0.2) is 23.2 Å². The van der Waals surface area contributed by atoms with Crippen LogP contribution >= 0.6 is 11.3 Å². The Kier molecular flexibility index (Phi) is 4.30. The molecule has 0 aliphatic rings. The van der Waals surface area contributed by atoms with Crippen molar-refractivity contribution in [3.63, 3.8) is 0 Å². The van der Waals surface area contributed by atoms with Crippen LogP contribution in [0.15, 0.2) is 22.2 Å². The van der Waals surface area contributed by atoms with Crippen molar-refractivity contribution in [2.75, 3.05) is 12.4 Å². The summed E-state index contributed by atoms with van der Waals surface area (Å²) in [5.41, 5.74) is 1.70. The molecule has 6 nitrogen and oxygen atoms in total. The van der Waals surface area contributed by atoms with Gasteiger partial charge in [-0.2, -0.15) is 0 Å². The molecular weight excluding hydrogens is 254 g/mol. The summed E-state index contributed by atoms with van der Waals surface area (Å²) in [5.74, 6) is -0.222. The van der Waals surface area contributed by atoms with E-state index in [1.165, 1.54) is 24.7 Å². The number of nitrogens with one attached hydrogen (secondary N) is 1. The van der Waals surface area contributed by atoms with Crippen molar-refractivity contribution < 1.29 is 14.1 Å². The first-order valence-electron chi connectivity index (χ1n) is 5.42. The maximum absolute atomic E-state index is 11.0. The van der Waals surface area contributed by atoms with E-state index < -0.39 is 0 Å². The fourth-order valence-electron chi connectivity index (χ4n) is 1.33. The third-order valence-electron chi connectivity index (χ3n) is 2.28. The molecule has 2 rings (SSSR count). The van der Waals surface area contributed by atoms with Crippen LogP contribution in [0.4, 0.5) is 5.13 Å². The van der Waals surface area contributed by atoms with E-state index in [-0.39, 0.29) is 5.97 Å². The summed E-state index contributed by atoms with van der Waals surface area (Å²) < 4.78 is 9.30. The van der Waals surface area contributed by atoms with Crippen LogP contribution in [0, 0.1) is 0 Å². The molecule has 96 valence electrons. The van der Waals surface area contributed by atoms with Crippen molar-refractivity contribution in [2.24, 2.45) is 0 Å². The van der Waals surface area contributed by atoms with Crippen LogP contribution in [-0.2, 0) is 22.5 Å². The number of nitrogens with zero attached hydrogens (tertiary/aromatic N) is 2. The second kappa shape index (κ2) is 6.15. The predicted molar refractivity (Wildman–Crippen MR) is 66.3 cm³/mol. The number of thiazole rings is 1. The molecule has 0 fully saturated rings. The molecule has 18 heavy (non-hydrogen) atoms. The Hall–Kier alpha value is -1.89. The topological polar surface area (TPSA) is 77.2 Å². The predicted octanol–water partition coefficient (Wildman–Crippen LogP) is 1.85. The molecule has 0 aromatic carbocycles. The van der Waals surface area contributed by atoms with Gasteiger partial charge in [0, 0.05) is 17.9 Å². The van der Waals surface area contributed by atoms with E-state index >= 15 is 0 Å². The van der Waals surface area contributed by atoms with Gasteiger partial charge in [-0.25, -0.2) is 4.98 Å². The van der Waals surface area contributed by atoms with Gasteiger partial charge in [0.05, 0.1) is 25.8 Å². The molecule has 0 amide bonds. The molecule has 2 aromatic rings. The van der Waals surface area contributed by atoms with E-state index in [2.05, 4.69) is 20.2 Å². The second-order valence-electron chi connectivity index (χ2n) is 3.56. The van der Waals surface area contributed by atoms with Gasteiger partial charge in [0.2, 0.25) is 0 Å². The molecule has 0 bridgehead atoms. The molecule has 1 N–H and O–H groups in total. The maximum Gasteiger partial charge on any atom is 0.305 e. The first-order valence-corrected chi connectivity index (χ1v) is 6.30. The minimum atomic E-state index is -0.222. The highest BCUT2D eigenvalue weighted by Crippen LogP contribution is 2.17. The molecule has 0 radical (unpaired) electrons. The van der Waals surface area contributed by atoms with Crippen molar-refractivity contribution in [1.29, 1.82) is 0 Å².